The van der Waals surface area contributed by atoms with Crippen LogP contribution in [0.4, 0.5) is 0 Å². The Kier molecular flexibility index (Phi) is 4.04. The summed E-state index contributed by atoms with van der Waals surface area (Å²) in [6.45, 7) is 4.92. The summed E-state index contributed by atoms with van der Waals surface area (Å²) in [6.07, 6.45) is 3.16. The first-order valence-electron chi connectivity index (χ1n) is 7.63. The molecule has 0 aliphatic carbocycles. The van der Waals surface area contributed by atoms with E-state index in [-0.39, 0.29) is 15.5 Å². The monoisotopic (exact) mass is 346 g/mol. The standard InChI is InChI=1S/C14H23ClN4O2S/c1-11-12(13(15)18(3)16-11)22(20,21)19-8-6-14(10-19)5-4-7-17(2)9-14/h4-10H2,1-3H3. The van der Waals surface area contributed by atoms with E-state index in [1.807, 2.05) is 0 Å². The highest BCUT2D eigenvalue weighted by Gasteiger charge is 2.45. The lowest BCUT2D eigenvalue weighted by Gasteiger charge is -2.38. The molecule has 1 aromatic rings. The van der Waals surface area contributed by atoms with Crippen molar-refractivity contribution in [2.45, 2.75) is 31.1 Å². The summed E-state index contributed by atoms with van der Waals surface area (Å²) in [6, 6.07) is 0. The molecule has 0 saturated carbocycles. The molecule has 0 bridgehead atoms. The van der Waals surface area contributed by atoms with Gasteiger partial charge >= 0.3 is 0 Å². The van der Waals surface area contributed by atoms with E-state index < -0.39 is 10.0 Å². The molecule has 2 aliphatic rings. The van der Waals surface area contributed by atoms with Gasteiger partial charge in [-0.1, -0.05) is 11.6 Å². The SMILES string of the molecule is Cc1nn(C)c(Cl)c1S(=O)(=O)N1CCC2(CCCN(C)C2)C1. The van der Waals surface area contributed by atoms with Gasteiger partial charge in [-0.3, -0.25) is 4.68 Å². The molecule has 124 valence electrons. The van der Waals surface area contributed by atoms with E-state index in [4.69, 9.17) is 11.6 Å². The van der Waals surface area contributed by atoms with Gasteiger partial charge in [-0.2, -0.15) is 9.40 Å². The Labute approximate surface area is 137 Å². The van der Waals surface area contributed by atoms with Crippen molar-refractivity contribution in [3.8, 4) is 0 Å². The van der Waals surface area contributed by atoms with E-state index >= 15 is 0 Å². The number of halogens is 1. The van der Waals surface area contributed by atoms with Crippen LogP contribution in [0.2, 0.25) is 5.15 Å². The minimum absolute atomic E-state index is 0.0999. The molecular weight excluding hydrogens is 324 g/mol. The summed E-state index contributed by atoms with van der Waals surface area (Å²) >= 11 is 6.16. The zero-order valence-electron chi connectivity index (χ0n) is 13.3. The number of aryl methyl sites for hydroxylation is 2. The average molecular weight is 347 g/mol. The molecule has 1 unspecified atom stereocenters. The maximum atomic E-state index is 13.0. The van der Waals surface area contributed by atoms with E-state index in [9.17, 15) is 8.42 Å². The number of rotatable bonds is 2. The van der Waals surface area contributed by atoms with Crippen molar-refractivity contribution < 1.29 is 8.42 Å². The Morgan fingerprint density at radius 3 is 2.50 bits per heavy atom. The Hall–Kier alpha value is -0.630. The normalized spacial score (nSPS) is 27.8. The lowest BCUT2D eigenvalue weighted by Crippen LogP contribution is -2.43. The fourth-order valence-electron chi connectivity index (χ4n) is 3.92. The van der Waals surface area contributed by atoms with Crippen LogP contribution in [0.3, 0.4) is 0 Å². The van der Waals surface area contributed by atoms with Crippen LogP contribution in [0.15, 0.2) is 4.90 Å². The number of piperidine rings is 1. The molecule has 6 nitrogen and oxygen atoms in total. The lowest BCUT2D eigenvalue weighted by atomic mass is 9.79. The first-order chi connectivity index (χ1) is 10.3. The van der Waals surface area contributed by atoms with Crippen LogP contribution in [0.5, 0.6) is 0 Å². The molecule has 3 rings (SSSR count). The van der Waals surface area contributed by atoms with Crippen LogP contribution < -0.4 is 0 Å². The van der Waals surface area contributed by atoms with Crippen molar-refractivity contribution in [2.24, 2.45) is 12.5 Å². The van der Waals surface area contributed by atoms with Gasteiger partial charge in [0, 0.05) is 26.7 Å². The fraction of sp³-hybridized carbons (Fsp3) is 0.786. The molecule has 2 fully saturated rings. The molecule has 1 aromatic heterocycles. The Morgan fingerprint density at radius 1 is 1.18 bits per heavy atom. The van der Waals surface area contributed by atoms with Gasteiger partial charge in [0.2, 0.25) is 10.0 Å². The summed E-state index contributed by atoms with van der Waals surface area (Å²) in [5.41, 5.74) is 0.567. The van der Waals surface area contributed by atoms with Crippen LogP contribution >= 0.6 is 11.6 Å². The van der Waals surface area contributed by atoms with Crippen LogP contribution in [-0.2, 0) is 17.1 Å². The minimum Gasteiger partial charge on any atom is -0.306 e. The van der Waals surface area contributed by atoms with E-state index in [2.05, 4.69) is 17.0 Å². The topological polar surface area (TPSA) is 58.4 Å². The van der Waals surface area contributed by atoms with Crippen molar-refractivity contribution in [1.82, 2.24) is 19.0 Å². The summed E-state index contributed by atoms with van der Waals surface area (Å²) < 4.78 is 29.0. The minimum atomic E-state index is -3.57. The number of aromatic nitrogens is 2. The second-order valence-electron chi connectivity index (χ2n) is 6.76. The quantitative estimate of drug-likeness (QED) is 0.814. The van der Waals surface area contributed by atoms with Crippen molar-refractivity contribution in [1.29, 1.82) is 0 Å². The van der Waals surface area contributed by atoms with E-state index in [1.54, 1.807) is 18.3 Å². The largest absolute Gasteiger partial charge is 0.306 e. The Bertz CT molecular complexity index is 687. The Morgan fingerprint density at radius 2 is 1.91 bits per heavy atom. The van der Waals surface area contributed by atoms with Crippen molar-refractivity contribution in [3.63, 3.8) is 0 Å². The molecule has 2 saturated heterocycles. The van der Waals surface area contributed by atoms with Crippen LogP contribution in [-0.4, -0.2) is 60.6 Å². The highest BCUT2D eigenvalue weighted by atomic mass is 35.5. The van der Waals surface area contributed by atoms with Gasteiger partial charge in [-0.15, -0.1) is 0 Å². The van der Waals surface area contributed by atoms with Gasteiger partial charge in [0.15, 0.2) is 0 Å². The van der Waals surface area contributed by atoms with Gasteiger partial charge in [0.25, 0.3) is 0 Å². The first-order valence-corrected chi connectivity index (χ1v) is 9.45. The van der Waals surface area contributed by atoms with E-state index in [1.165, 1.54) is 4.68 Å². The second-order valence-corrected chi connectivity index (χ2v) is 8.99. The van der Waals surface area contributed by atoms with E-state index in [0.29, 0.717) is 18.8 Å². The third-order valence-corrected chi connectivity index (χ3v) is 7.50. The molecule has 3 heterocycles. The predicted molar refractivity (Wildman–Crippen MR) is 85.5 cm³/mol. The van der Waals surface area contributed by atoms with Crippen LogP contribution in [0, 0.1) is 12.3 Å². The number of likely N-dealkylation sites (tertiary alicyclic amines) is 1. The third kappa shape index (κ3) is 2.58. The zero-order chi connectivity index (χ0) is 16.1. The average Bonchev–Trinajstić information content (AvgIpc) is 2.93. The van der Waals surface area contributed by atoms with Gasteiger partial charge in [-0.25, -0.2) is 8.42 Å². The second kappa shape index (κ2) is 5.47. The highest BCUT2D eigenvalue weighted by Crippen LogP contribution is 2.41. The molecule has 22 heavy (non-hydrogen) atoms. The highest BCUT2D eigenvalue weighted by molar-refractivity contribution is 7.89. The summed E-state index contributed by atoms with van der Waals surface area (Å²) in [5, 5.41) is 4.33. The van der Waals surface area contributed by atoms with Gasteiger partial charge in [0.1, 0.15) is 10.0 Å². The molecule has 8 heteroatoms. The molecular formula is C14H23ClN4O2S. The number of nitrogens with zero attached hydrogens (tertiary/aromatic N) is 4. The fourth-order valence-corrected chi connectivity index (χ4v) is 6.18. The van der Waals surface area contributed by atoms with Crippen molar-refractivity contribution in [3.05, 3.63) is 10.8 Å². The lowest BCUT2D eigenvalue weighted by molar-refractivity contribution is 0.121. The van der Waals surface area contributed by atoms with Crippen molar-refractivity contribution >= 4 is 21.6 Å². The van der Waals surface area contributed by atoms with Gasteiger partial charge < -0.3 is 4.90 Å². The van der Waals surface area contributed by atoms with Crippen LogP contribution in [0.25, 0.3) is 0 Å². The first kappa shape index (κ1) is 16.2. The number of hydrogen-bond acceptors (Lipinski definition) is 4. The molecule has 1 atom stereocenters. The van der Waals surface area contributed by atoms with E-state index in [0.717, 1.165) is 32.4 Å². The predicted octanol–water partition coefficient (Wildman–Crippen LogP) is 1.49. The maximum absolute atomic E-state index is 13.0. The molecule has 1 spiro atoms. The maximum Gasteiger partial charge on any atom is 0.248 e. The zero-order valence-corrected chi connectivity index (χ0v) is 14.9. The van der Waals surface area contributed by atoms with Crippen LogP contribution in [0.1, 0.15) is 25.0 Å². The molecule has 0 aromatic carbocycles. The Balaban J connectivity index is 1.88. The third-order valence-electron chi connectivity index (χ3n) is 4.95. The van der Waals surface area contributed by atoms with Gasteiger partial charge in [0.05, 0.1) is 5.69 Å². The smallest absolute Gasteiger partial charge is 0.248 e. The number of sulfonamides is 1. The molecule has 0 amide bonds. The number of hydrogen-bond donors (Lipinski definition) is 0. The summed E-state index contributed by atoms with van der Waals surface area (Å²) in [7, 11) is 0.201. The summed E-state index contributed by atoms with van der Waals surface area (Å²) in [5.74, 6) is 0. The molecule has 2 aliphatic heterocycles. The molecule has 0 N–H and O–H groups in total. The van der Waals surface area contributed by atoms with Crippen molar-refractivity contribution in [2.75, 3.05) is 33.2 Å². The molecule has 0 radical (unpaired) electrons. The summed E-state index contributed by atoms with van der Waals surface area (Å²) in [4.78, 5) is 2.47. The van der Waals surface area contributed by atoms with Gasteiger partial charge in [-0.05, 0) is 45.2 Å².